The van der Waals surface area contributed by atoms with Gasteiger partial charge in [-0.25, -0.2) is 4.98 Å². The van der Waals surface area contributed by atoms with Gasteiger partial charge in [0.1, 0.15) is 6.26 Å². The van der Waals surface area contributed by atoms with Gasteiger partial charge in [-0.05, 0) is 18.2 Å². The Morgan fingerprint density at radius 3 is 2.37 bits per heavy atom. The molecule has 0 aliphatic carbocycles. The van der Waals surface area contributed by atoms with E-state index in [1.807, 2.05) is 30.3 Å². The lowest BCUT2D eigenvalue weighted by Gasteiger charge is -2.17. The summed E-state index contributed by atoms with van der Waals surface area (Å²) in [5, 5.41) is 2.77. The number of ether oxygens (including phenoxy) is 2. The minimum Gasteiger partial charge on any atom is -0.493 e. The minimum atomic E-state index is -0.345. The SMILES string of the molecule is COc1cc(NC(=O)Cc2coc(-c3ccccc3)n2)c(C(=O)N(C)C)cc1OC. The number of oxazole rings is 1. The summed E-state index contributed by atoms with van der Waals surface area (Å²) in [4.78, 5) is 31.0. The monoisotopic (exact) mass is 409 g/mol. The Labute approximate surface area is 174 Å². The summed E-state index contributed by atoms with van der Waals surface area (Å²) in [7, 11) is 6.22. The molecule has 0 fully saturated rings. The Morgan fingerprint density at radius 1 is 1.07 bits per heavy atom. The Hall–Kier alpha value is -3.81. The normalized spacial score (nSPS) is 10.4. The van der Waals surface area contributed by atoms with Gasteiger partial charge in [-0.1, -0.05) is 18.2 Å². The van der Waals surface area contributed by atoms with Crippen LogP contribution in [0.1, 0.15) is 16.1 Å². The highest BCUT2D eigenvalue weighted by atomic mass is 16.5. The zero-order valence-electron chi connectivity index (χ0n) is 17.3. The molecule has 2 amide bonds. The Balaban J connectivity index is 1.82. The fraction of sp³-hybridized carbons (Fsp3) is 0.227. The number of carbonyl (C=O) groups excluding carboxylic acids is 2. The third kappa shape index (κ3) is 4.60. The largest absolute Gasteiger partial charge is 0.493 e. The number of rotatable bonds is 7. The molecule has 2 aromatic carbocycles. The molecule has 3 aromatic rings. The highest BCUT2D eigenvalue weighted by Gasteiger charge is 2.20. The van der Waals surface area contributed by atoms with Crippen molar-refractivity contribution in [3.05, 3.63) is 60.0 Å². The number of hydrogen-bond acceptors (Lipinski definition) is 6. The van der Waals surface area contributed by atoms with Gasteiger partial charge >= 0.3 is 0 Å². The minimum absolute atomic E-state index is 0.0136. The number of benzene rings is 2. The van der Waals surface area contributed by atoms with Gasteiger partial charge in [0.2, 0.25) is 11.8 Å². The summed E-state index contributed by atoms with van der Waals surface area (Å²) in [6.07, 6.45) is 1.43. The number of anilines is 1. The summed E-state index contributed by atoms with van der Waals surface area (Å²) in [5.41, 5.74) is 1.91. The van der Waals surface area contributed by atoms with Crippen LogP contribution in [-0.4, -0.2) is 50.0 Å². The van der Waals surface area contributed by atoms with Crippen LogP contribution in [0.5, 0.6) is 11.5 Å². The first-order valence-electron chi connectivity index (χ1n) is 9.20. The quantitative estimate of drug-likeness (QED) is 0.644. The number of carbonyl (C=O) groups is 2. The second-order valence-electron chi connectivity index (χ2n) is 6.69. The lowest BCUT2D eigenvalue weighted by atomic mass is 10.1. The van der Waals surface area contributed by atoms with Gasteiger partial charge < -0.3 is 24.1 Å². The molecule has 0 radical (unpaired) electrons. The topological polar surface area (TPSA) is 93.9 Å². The molecule has 0 bridgehead atoms. The Bertz CT molecular complexity index is 1040. The zero-order chi connectivity index (χ0) is 21.7. The average molecular weight is 409 g/mol. The van der Waals surface area contributed by atoms with Crippen LogP contribution in [0.25, 0.3) is 11.5 Å². The van der Waals surface area contributed by atoms with Crippen molar-refractivity contribution < 1.29 is 23.5 Å². The summed E-state index contributed by atoms with van der Waals surface area (Å²) >= 11 is 0. The average Bonchev–Trinajstić information content (AvgIpc) is 3.21. The van der Waals surface area contributed by atoms with Crippen molar-refractivity contribution in [1.29, 1.82) is 0 Å². The van der Waals surface area contributed by atoms with Crippen molar-refractivity contribution >= 4 is 17.5 Å². The maximum absolute atomic E-state index is 12.6. The zero-order valence-corrected chi connectivity index (χ0v) is 17.3. The third-order valence-corrected chi connectivity index (χ3v) is 4.35. The highest BCUT2D eigenvalue weighted by molar-refractivity contribution is 6.04. The van der Waals surface area contributed by atoms with Crippen molar-refractivity contribution in [2.75, 3.05) is 33.6 Å². The van der Waals surface area contributed by atoms with Crippen LogP contribution in [0, 0.1) is 0 Å². The first-order chi connectivity index (χ1) is 14.4. The lowest BCUT2D eigenvalue weighted by molar-refractivity contribution is -0.115. The molecule has 0 spiro atoms. The van der Waals surface area contributed by atoms with Gasteiger partial charge in [0, 0.05) is 25.7 Å². The van der Waals surface area contributed by atoms with Crippen molar-refractivity contribution in [1.82, 2.24) is 9.88 Å². The van der Waals surface area contributed by atoms with Crippen LogP contribution in [0.15, 0.2) is 53.1 Å². The third-order valence-electron chi connectivity index (χ3n) is 4.35. The van der Waals surface area contributed by atoms with Crippen LogP contribution in [0.4, 0.5) is 5.69 Å². The summed E-state index contributed by atoms with van der Waals surface area (Å²) in [5.74, 6) is 0.607. The lowest BCUT2D eigenvalue weighted by Crippen LogP contribution is -2.24. The molecule has 30 heavy (non-hydrogen) atoms. The van der Waals surface area contributed by atoms with Crippen molar-refractivity contribution in [3.8, 4) is 23.0 Å². The number of hydrogen-bond donors (Lipinski definition) is 1. The van der Waals surface area contributed by atoms with Crippen LogP contribution < -0.4 is 14.8 Å². The van der Waals surface area contributed by atoms with Crippen LogP contribution in [0.3, 0.4) is 0 Å². The van der Waals surface area contributed by atoms with E-state index in [-0.39, 0.29) is 23.8 Å². The number of nitrogens with zero attached hydrogens (tertiary/aromatic N) is 2. The fourth-order valence-corrected chi connectivity index (χ4v) is 2.86. The maximum Gasteiger partial charge on any atom is 0.255 e. The predicted octanol–water partition coefficient (Wildman–Crippen LogP) is 3.24. The molecule has 1 heterocycles. The molecule has 0 aliphatic rings. The van der Waals surface area contributed by atoms with E-state index in [9.17, 15) is 9.59 Å². The molecule has 1 aromatic heterocycles. The molecule has 8 heteroatoms. The second kappa shape index (κ2) is 9.13. The molecule has 1 N–H and O–H groups in total. The molecular weight excluding hydrogens is 386 g/mol. The molecule has 0 aliphatic heterocycles. The van der Waals surface area contributed by atoms with E-state index in [1.165, 1.54) is 25.4 Å². The molecule has 0 saturated carbocycles. The maximum atomic E-state index is 12.6. The number of methoxy groups -OCH3 is 2. The second-order valence-corrected chi connectivity index (χ2v) is 6.69. The van der Waals surface area contributed by atoms with Gasteiger partial charge in [0.15, 0.2) is 11.5 Å². The van der Waals surface area contributed by atoms with Gasteiger partial charge in [0.25, 0.3) is 5.91 Å². The molecule has 3 rings (SSSR count). The van der Waals surface area contributed by atoms with Crippen molar-refractivity contribution in [2.24, 2.45) is 0 Å². The number of amides is 2. The highest BCUT2D eigenvalue weighted by Crippen LogP contribution is 2.34. The molecule has 0 atom stereocenters. The number of aromatic nitrogens is 1. The standard InChI is InChI=1S/C22H23N3O5/c1-25(2)22(27)16-11-18(28-3)19(29-4)12-17(16)24-20(26)10-15-13-30-21(23-15)14-8-6-5-7-9-14/h5-9,11-13H,10H2,1-4H3,(H,24,26). The van der Waals surface area contributed by atoms with Gasteiger partial charge in [-0.15, -0.1) is 0 Å². The first kappa shape index (κ1) is 20.9. The van der Waals surface area contributed by atoms with Crippen molar-refractivity contribution in [2.45, 2.75) is 6.42 Å². The van der Waals surface area contributed by atoms with Crippen molar-refractivity contribution in [3.63, 3.8) is 0 Å². The van der Waals surface area contributed by atoms with Gasteiger partial charge in [-0.2, -0.15) is 0 Å². The predicted molar refractivity (Wildman–Crippen MR) is 112 cm³/mol. The smallest absolute Gasteiger partial charge is 0.255 e. The van der Waals surface area contributed by atoms with E-state index in [0.29, 0.717) is 28.8 Å². The number of nitrogens with one attached hydrogen (secondary N) is 1. The van der Waals surface area contributed by atoms with Gasteiger partial charge in [0.05, 0.1) is 37.6 Å². The summed E-state index contributed by atoms with van der Waals surface area (Å²) in [6, 6.07) is 12.5. The Kier molecular flexibility index (Phi) is 6.36. The summed E-state index contributed by atoms with van der Waals surface area (Å²) in [6.45, 7) is 0. The first-order valence-corrected chi connectivity index (χ1v) is 9.20. The van der Waals surface area contributed by atoms with Gasteiger partial charge in [-0.3, -0.25) is 9.59 Å². The molecule has 0 saturated heterocycles. The van der Waals surface area contributed by atoms with E-state index >= 15 is 0 Å². The fourth-order valence-electron chi connectivity index (χ4n) is 2.86. The Morgan fingerprint density at radius 2 is 1.73 bits per heavy atom. The van der Waals surface area contributed by atoms with E-state index in [1.54, 1.807) is 26.2 Å². The summed E-state index contributed by atoms with van der Waals surface area (Å²) < 4.78 is 16.0. The van der Waals surface area contributed by atoms with E-state index in [4.69, 9.17) is 13.9 Å². The molecule has 156 valence electrons. The molecule has 0 unspecified atom stereocenters. The van der Waals surface area contributed by atoms with Crippen LogP contribution in [0.2, 0.25) is 0 Å². The van der Waals surface area contributed by atoms with Crippen LogP contribution >= 0.6 is 0 Å². The van der Waals surface area contributed by atoms with E-state index in [0.717, 1.165) is 5.56 Å². The molecule has 8 nitrogen and oxygen atoms in total. The van der Waals surface area contributed by atoms with E-state index < -0.39 is 0 Å². The molecular formula is C22H23N3O5. The van der Waals surface area contributed by atoms with Crippen LogP contribution in [-0.2, 0) is 11.2 Å². The van der Waals surface area contributed by atoms with E-state index in [2.05, 4.69) is 10.3 Å².